The minimum Gasteiger partial charge on any atom is -0.256 e. The minimum absolute atomic E-state index is 0.936. The third-order valence-corrected chi connectivity index (χ3v) is 7.92. The maximum atomic E-state index is 4.80. The van der Waals surface area contributed by atoms with Crippen LogP contribution in [0.4, 0.5) is 0 Å². The maximum Gasteiger partial charge on any atom is 0.0702 e. The summed E-state index contributed by atoms with van der Waals surface area (Å²) >= 11 is 0. The highest BCUT2D eigenvalue weighted by Gasteiger charge is 2.20. The van der Waals surface area contributed by atoms with Crippen LogP contribution in [0.1, 0.15) is 121 Å². The van der Waals surface area contributed by atoms with Crippen LogP contribution in [0.2, 0.25) is 0 Å². The lowest BCUT2D eigenvalue weighted by molar-refractivity contribution is 0.249. The van der Waals surface area contributed by atoms with E-state index in [1.54, 1.807) is 0 Å². The summed E-state index contributed by atoms with van der Waals surface area (Å²) in [5.41, 5.74) is 5.22. The van der Waals surface area contributed by atoms with Crippen LogP contribution in [0.3, 0.4) is 0 Å². The van der Waals surface area contributed by atoms with Gasteiger partial charge in [0, 0.05) is 11.8 Å². The molecule has 1 aliphatic rings. The summed E-state index contributed by atoms with van der Waals surface area (Å²) in [5, 5.41) is 0. The number of unbranched alkanes of at least 4 members (excludes halogenated alkanes) is 7. The molecule has 0 saturated heterocycles. The van der Waals surface area contributed by atoms with Gasteiger partial charge in [0.2, 0.25) is 0 Å². The van der Waals surface area contributed by atoms with Gasteiger partial charge in [-0.25, -0.2) is 0 Å². The SMILES string of the molecule is CCCCCCCCc1ccc(-c2ccc(CCC3CCC(CCCCC)CC3)cn2)cc1. The van der Waals surface area contributed by atoms with Gasteiger partial charge in [-0.1, -0.05) is 128 Å². The van der Waals surface area contributed by atoms with Gasteiger partial charge in [-0.2, -0.15) is 0 Å². The Morgan fingerprint density at radius 2 is 1.21 bits per heavy atom. The highest BCUT2D eigenvalue weighted by molar-refractivity contribution is 5.59. The number of benzene rings is 1. The number of pyridine rings is 1. The molecule has 1 aromatic carbocycles. The van der Waals surface area contributed by atoms with Crippen molar-refractivity contribution in [3.8, 4) is 11.3 Å². The molecule has 3 rings (SSSR count). The van der Waals surface area contributed by atoms with Gasteiger partial charge in [0.15, 0.2) is 0 Å². The minimum atomic E-state index is 0.936. The van der Waals surface area contributed by atoms with Crippen LogP contribution in [0, 0.1) is 11.8 Å². The molecule has 1 aliphatic carbocycles. The van der Waals surface area contributed by atoms with Gasteiger partial charge in [-0.3, -0.25) is 4.98 Å². The van der Waals surface area contributed by atoms with Gasteiger partial charge in [-0.05, 0) is 54.7 Å². The standard InChI is InChI=1S/C32H49N/c1-3-5-7-8-9-11-13-28-20-23-31(24-21-28)32-25-22-30(26-33-32)19-18-29-16-14-27(15-17-29)12-10-6-4-2/h20-27,29H,3-19H2,1-2H3. The zero-order valence-corrected chi connectivity index (χ0v) is 21.7. The second-order valence-electron chi connectivity index (χ2n) is 10.7. The number of hydrogen-bond acceptors (Lipinski definition) is 1. The Kier molecular flexibility index (Phi) is 12.1. The average Bonchev–Trinajstić information content (AvgIpc) is 2.86. The first kappa shape index (κ1) is 26.0. The molecule has 33 heavy (non-hydrogen) atoms. The molecule has 2 aromatic rings. The molecule has 0 N–H and O–H groups in total. The first-order chi connectivity index (χ1) is 16.3. The number of aromatic nitrogens is 1. The number of nitrogens with zero attached hydrogens (tertiary/aromatic N) is 1. The lowest BCUT2D eigenvalue weighted by atomic mass is 9.78. The zero-order valence-electron chi connectivity index (χ0n) is 21.7. The molecule has 0 bridgehead atoms. The van der Waals surface area contributed by atoms with Crippen molar-refractivity contribution >= 4 is 0 Å². The lowest BCUT2D eigenvalue weighted by Gasteiger charge is -2.28. The summed E-state index contributed by atoms with van der Waals surface area (Å²) in [6, 6.07) is 13.7. The van der Waals surface area contributed by atoms with E-state index in [1.165, 1.54) is 126 Å². The molecule has 0 atom stereocenters. The Hall–Kier alpha value is -1.63. The highest BCUT2D eigenvalue weighted by atomic mass is 14.7. The Morgan fingerprint density at radius 3 is 1.88 bits per heavy atom. The Morgan fingerprint density at radius 1 is 0.606 bits per heavy atom. The number of hydrogen-bond donors (Lipinski definition) is 0. The fraction of sp³-hybridized carbons (Fsp3) is 0.656. The zero-order chi connectivity index (χ0) is 23.1. The van der Waals surface area contributed by atoms with Crippen molar-refractivity contribution in [2.45, 2.75) is 123 Å². The van der Waals surface area contributed by atoms with Crippen LogP contribution in [-0.4, -0.2) is 4.98 Å². The molecule has 1 fully saturated rings. The molecule has 1 aromatic heterocycles. The highest BCUT2D eigenvalue weighted by Crippen LogP contribution is 2.34. The molecule has 1 nitrogen and oxygen atoms in total. The molecule has 182 valence electrons. The van der Waals surface area contributed by atoms with Crippen LogP contribution in [-0.2, 0) is 12.8 Å². The Bertz CT molecular complexity index is 737. The van der Waals surface area contributed by atoms with Crippen molar-refractivity contribution in [1.82, 2.24) is 4.98 Å². The Labute approximate surface area is 204 Å². The van der Waals surface area contributed by atoms with Gasteiger partial charge < -0.3 is 0 Å². The van der Waals surface area contributed by atoms with Gasteiger partial charge in [0.1, 0.15) is 0 Å². The van der Waals surface area contributed by atoms with Crippen LogP contribution < -0.4 is 0 Å². The van der Waals surface area contributed by atoms with Crippen LogP contribution in [0.5, 0.6) is 0 Å². The van der Waals surface area contributed by atoms with Crippen molar-refractivity contribution in [2.24, 2.45) is 11.8 Å². The van der Waals surface area contributed by atoms with Gasteiger partial charge in [0.05, 0.1) is 5.69 Å². The van der Waals surface area contributed by atoms with Crippen molar-refractivity contribution in [3.05, 3.63) is 53.7 Å². The van der Waals surface area contributed by atoms with Crippen molar-refractivity contribution in [2.75, 3.05) is 0 Å². The molecule has 0 radical (unpaired) electrons. The first-order valence-electron chi connectivity index (χ1n) is 14.3. The maximum absolute atomic E-state index is 4.80. The van der Waals surface area contributed by atoms with E-state index < -0.39 is 0 Å². The third kappa shape index (κ3) is 9.63. The van der Waals surface area contributed by atoms with Crippen LogP contribution >= 0.6 is 0 Å². The molecule has 1 saturated carbocycles. The van der Waals surface area contributed by atoms with E-state index in [-0.39, 0.29) is 0 Å². The average molecular weight is 448 g/mol. The molecule has 1 heterocycles. The van der Waals surface area contributed by atoms with Crippen molar-refractivity contribution < 1.29 is 0 Å². The number of rotatable bonds is 15. The summed E-state index contributed by atoms with van der Waals surface area (Å²) in [6.07, 6.45) is 25.6. The third-order valence-electron chi connectivity index (χ3n) is 7.92. The van der Waals surface area contributed by atoms with Crippen LogP contribution in [0.25, 0.3) is 11.3 Å². The normalized spacial score (nSPS) is 18.5. The summed E-state index contributed by atoms with van der Waals surface area (Å²) < 4.78 is 0. The van der Waals surface area contributed by atoms with E-state index in [1.807, 2.05) is 0 Å². The van der Waals surface area contributed by atoms with Crippen LogP contribution in [0.15, 0.2) is 42.6 Å². The summed E-state index contributed by atoms with van der Waals surface area (Å²) in [6.45, 7) is 4.59. The fourth-order valence-corrected chi connectivity index (χ4v) is 5.56. The van der Waals surface area contributed by atoms with E-state index in [4.69, 9.17) is 4.98 Å². The molecular formula is C32H49N. The van der Waals surface area contributed by atoms with Crippen molar-refractivity contribution in [1.29, 1.82) is 0 Å². The molecule has 0 amide bonds. The van der Waals surface area contributed by atoms with E-state index in [0.717, 1.165) is 17.5 Å². The lowest BCUT2D eigenvalue weighted by Crippen LogP contribution is -2.15. The molecule has 0 unspecified atom stereocenters. The summed E-state index contributed by atoms with van der Waals surface area (Å²) in [4.78, 5) is 4.80. The monoisotopic (exact) mass is 447 g/mol. The van der Waals surface area contributed by atoms with Gasteiger partial charge in [-0.15, -0.1) is 0 Å². The second-order valence-corrected chi connectivity index (χ2v) is 10.7. The quantitative estimate of drug-likeness (QED) is 0.247. The largest absolute Gasteiger partial charge is 0.256 e. The number of aryl methyl sites for hydroxylation is 2. The van der Waals surface area contributed by atoms with Crippen molar-refractivity contribution in [3.63, 3.8) is 0 Å². The first-order valence-corrected chi connectivity index (χ1v) is 14.3. The predicted molar refractivity (Wildman–Crippen MR) is 145 cm³/mol. The smallest absolute Gasteiger partial charge is 0.0702 e. The Balaban J connectivity index is 1.36. The molecule has 1 heteroatoms. The van der Waals surface area contributed by atoms with E-state index in [2.05, 4.69) is 56.4 Å². The van der Waals surface area contributed by atoms with Gasteiger partial charge in [0.25, 0.3) is 0 Å². The molecule has 0 spiro atoms. The predicted octanol–water partition coefficient (Wildman–Crippen LogP) is 9.97. The van der Waals surface area contributed by atoms with E-state index >= 15 is 0 Å². The second kappa shape index (κ2) is 15.3. The summed E-state index contributed by atoms with van der Waals surface area (Å²) in [7, 11) is 0. The van der Waals surface area contributed by atoms with E-state index in [9.17, 15) is 0 Å². The fourth-order valence-electron chi connectivity index (χ4n) is 5.56. The molecule has 0 aliphatic heterocycles. The molecular weight excluding hydrogens is 398 g/mol. The van der Waals surface area contributed by atoms with E-state index in [0.29, 0.717) is 0 Å². The topological polar surface area (TPSA) is 12.9 Å². The summed E-state index contributed by atoms with van der Waals surface area (Å²) in [5.74, 6) is 1.96. The van der Waals surface area contributed by atoms with Gasteiger partial charge >= 0.3 is 0 Å².